The highest BCUT2D eigenvalue weighted by Crippen LogP contribution is 2.18. The summed E-state index contributed by atoms with van der Waals surface area (Å²) in [5.41, 5.74) is 1.20. The van der Waals surface area contributed by atoms with E-state index in [1.807, 2.05) is 18.2 Å². The molecule has 2 unspecified atom stereocenters. The molecule has 0 spiro atoms. The third-order valence-corrected chi connectivity index (χ3v) is 2.95. The molecule has 0 heterocycles. The first-order valence-electron chi connectivity index (χ1n) is 6.20. The van der Waals surface area contributed by atoms with Crippen molar-refractivity contribution in [2.24, 2.45) is 0 Å². The number of hydrogen-bond donors (Lipinski definition) is 2. The van der Waals surface area contributed by atoms with Gasteiger partial charge < -0.3 is 15.2 Å². The van der Waals surface area contributed by atoms with E-state index in [9.17, 15) is 0 Å². The minimum atomic E-state index is 0.180. The molecule has 0 radical (unpaired) electrons. The van der Waals surface area contributed by atoms with Gasteiger partial charge in [0, 0.05) is 12.1 Å². The molecule has 0 aliphatic heterocycles. The Morgan fingerprint density at radius 2 is 2.06 bits per heavy atom. The minimum Gasteiger partial charge on any atom is -0.496 e. The molecule has 0 fully saturated rings. The molecule has 3 heteroatoms. The Balaban J connectivity index is 2.58. The molecule has 0 bridgehead atoms. The maximum absolute atomic E-state index is 9.15. The van der Waals surface area contributed by atoms with Crippen LogP contribution in [0.15, 0.2) is 24.3 Å². The Morgan fingerprint density at radius 3 is 2.65 bits per heavy atom. The van der Waals surface area contributed by atoms with Crippen molar-refractivity contribution in [3.8, 4) is 5.75 Å². The molecule has 2 N–H and O–H groups in total. The number of rotatable bonds is 7. The second-order valence-electron chi connectivity index (χ2n) is 4.37. The van der Waals surface area contributed by atoms with Gasteiger partial charge in [0.15, 0.2) is 0 Å². The molecule has 0 saturated heterocycles. The van der Waals surface area contributed by atoms with Gasteiger partial charge in [-0.3, -0.25) is 0 Å². The van der Waals surface area contributed by atoms with Gasteiger partial charge in [0.2, 0.25) is 0 Å². The van der Waals surface area contributed by atoms with Crippen molar-refractivity contribution in [3.05, 3.63) is 29.8 Å². The fourth-order valence-electron chi connectivity index (χ4n) is 1.96. The van der Waals surface area contributed by atoms with E-state index in [1.54, 1.807) is 7.11 Å². The van der Waals surface area contributed by atoms with Gasteiger partial charge in [0.25, 0.3) is 0 Å². The van der Waals surface area contributed by atoms with Crippen molar-refractivity contribution in [1.82, 2.24) is 5.32 Å². The Morgan fingerprint density at radius 1 is 1.35 bits per heavy atom. The zero-order chi connectivity index (χ0) is 12.7. The predicted molar refractivity (Wildman–Crippen MR) is 70.5 cm³/mol. The van der Waals surface area contributed by atoms with Crippen LogP contribution in [0.5, 0.6) is 5.75 Å². The van der Waals surface area contributed by atoms with Gasteiger partial charge in [0.1, 0.15) is 5.75 Å². The number of hydrogen-bond acceptors (Lipinski definition) is 3. The summed E-state index contributed by atoms with van der Waals surface area (Å²) < 4.78 is 5.33. The third kappa shape index (κ3) is 4.36. The van der Waals surface area contributed by atoms with Crippen LogP contribution in [0.3, 0.4) is 0 Å². The fraction of sp³-hybridized carbons (Fsp3) is 0.571. The Hall–Kier alpha value is -1.06. The van der Waals surface area contributed by atoms with E-state index in [1.165, 1.54) is 5.56 Å². The minimum absolute atomic E-state index is 0.180. The van der Waals surface area contributed by atoms with Gasteiger partial charge in [-0.2, -0.15) is 0 Å². The molecule has 1 aromatic carbocycles. The highest BCUT2D eigenvalue weighted by atomic mass is 16.5. The summed E-state index contributed by atoms with van der Waals surface area (Å²) in [5.74, 6) is 0.929. The smallest absolute Gasteiger partial charge is 0.122 e. The van der Waals surface area contributed by atoms with Gasteiger partial charge in [0.05, 0.1) is 13.7 Å². The average molecular weight is 237 g/mol. The summed E-state index contributed by atoms with van der Waals surface area (Å²) in [7, 11) is 1.69. The van der Waals surface area contributed by atoms with Crippen molar-refractivity contribution in [2.75, 3.05) is 13.7 Å². The quantitative estimate of drug-likeness (QED) is 0.762. The van der Waals surface area contributed by atoms with E-state index in [0.717, 1.165) is 18.6 Å². The first-order chi connectivity index (χ1) is 8.21. The van der Waals surface area contributed by atoms with Gasteiger partial charge in [-0.25, -0.2) is 0 Å². The molecule has 1 rings (SSSR count). The van der Waals surface area contributed by atoms with Crippen LogP contribution in [0.2, 0.25) is 0 Å². The zero-order valence-corrected chi connectivity index (χ0v) is 10.9. The van der Waals surface area contributed by atoms with Crippen LogP contribution in [0.4, 0.5) is 0 Å². The first kappa shape index (κ1) is 14.0. The van der Waals surface area contributed by atoms with Gasteiger partial charge in [-0.1, -0.05) is 25.1 Å². The highest BCUT2D eigenvalue weighted by molar-refractivity contribution is 5.33. The summed E-state index contributed by atoms with van der Waals surface area (Å²) in [5, 5.41) is 12.6. The third-order valence-electron chi connectivity index (χ3n) is 2.95. The summed E-state index contributed by atoms with van der Waals surface area (Å²) in [6.07, 6.45) is 1.84. The number of nitrogens with one attached hydrogen (secondary N) is 1. The number of methoxy groups -OCH3 is 1. The van der Waals surface area contributed by atoms with Crippen molar-refractivity contribution in [2.45, 2.75) is 38.8 Å². The molecule has 96 valence electrons. The van der Waals surface area contributed by atoms with E-state index >= 15 is 0 Å². The molecule has 0 aromatic heterocycles. The number of aliphatic hydroxyl groups is 1. The molecule has 0 saturated carbocycles. The molecule has 0 aliphatic rings. The summed E-state index contributed by atoms with van der Waals surface area (Å²) >= 11 is 0. The SMILES string of the molecule is CCC(CO)NC(C)Cc1ccccc1OC. The molecule has 1 aromatic rings. The van der Waals surface area contributed by atoms with E-state index in [-0.39, 0.29) is 12.6 Å². The average Bonchev–Trinajstić information content (AvgIpc) is 2.36. The van der Waals surface area contributed by atoms with E-state index in [4.69, 9.17) is 9.84 Å². The number of aliphatic hydroxyl groups excluding tert-OH is 1. The summed E-state index contributed by atoms with van der Waals surface area (Å²) in [4.78, 5) is 0. The number of ether oxygens (including phenoxy) is 1. The highest BCUT2D eigenvalue weighted by Gasteiger charge is 2.11. The second kappa shape index (κ2) is 7.30. The van der Waals surface area contributed by atoms with Crippen LogP contribution in [0.1, 0.15) is 25.8 Å². The lowest BCUT2D eigenvalue weighted by molar-refractivity contribution is 0.229. The molecule has 2 atom stereocenters. The number of para-hydroxylation sites is 1. The summed E-state index contributed by atoms with van der Waals surface area (Å²) in [6.45, 7) is 4.39. The van der Waals surface area contributed by atoms with Crippen LogP contribution in [0, 0.1) is 0 Å². The molecular weight excluding hydrogens is 214 g/mol. The zero-order valence-electron chi connectivity index (χ0n) is 10.9. The maximum atomic E-state index is 9.15. The Labute approximate surface area is 104 Å². The van der Waals surface area contributed by atoms with E-state index in [0.29, 0.717) is 6.04 Å². The van der Waals surface area contributed by atoms with Gasteiger partial charge >= 0.3 is 0 Å². The van der Waals surface area contributed by atoms with E-state index < -0.39 is 0 Å². The standard InChI is InChI=1S/C14H23NO2/c1-4-13(10-16)15-11(2)9-12-7-5-6-8-14(12)17-3/h5-8,11,13,15-16H,4,9-10H2,1-3H3. The van der Waals surface area contributed by atoms with Crippen molar-refractivity contribution < 1.29 is 9.84 Å². The molecule has 0 aliphatic carbocycles. The normalized spacial score (nSPS) is 14.4. The lowest BCUT2D eigenvalue weighted by atomic mass is 10.0. The van der Waals surface area contributed by atoms with Crippen LogP contribution in [-0.2, 0) is 6.42 Å². The molecular formula is C14H23NO2. The van der Waals surface area contributed by atoms with Crippen molar-refractivity contribution in [3.63, 3.8) is 0 Å². The lowest BCUT2D eigenvalue weighted by Crippen LogP contribution is -2.39. The maximum Gasteiger partial charge on any atom is 0.122 e. The van der Waals surface area contributed by atoms with Crippen molar-refractivity contribution >= 4 is 0 Å². The Bertz CT molecular complexity index is 324. The predicted octanol–water partition coefficient (Wildman–Crippen LogP) is 1.99. The lowest BCUT2D eigenvalue weighted by Gasteiger charge is -2.21. The summed E-state index contributed by atoms with van der Waals surface area (Å²) in [6, 6.07) is 8.56. The van der Waals surface area contributed by atoms with Crippen LogP contribution < -0.4 is 10.1 Å². The topological polar surface area (TPSA) is 41.5 Å². The van der Waals surface area contributed by atoms with Crippen LogP contribution in [-0.4, -0.2) is 30.9 Å². The number of benzene rings is 1. The van der Waals surface area contributed by atoms with E-state index in [2.05, 4.69) is 25.2 Å². The molecule has 3 nitrogen and oxygen atoms in total. The molecule has 0 amide bonds. The fourth-order valence-corrected chi connectivity index (χ4v) is 1.96. The van der Waals surface area contributed by atoms with Crippen LogP contribution >= 0.6 is 0 Å². The van der Waals surface area contributed by atoms with Gasteiger partial charge in [-0.05, 0) is 31.4 Å². The largest absolute Gasteiger partial charge is 0.496 e. The first-order valence-corrected chi connectivity index (χ1v) is 6.20. The van der Waals surface area contributed by atoms with Crippen molar-refractivity contribution in [1.29, 1.82) is 0 Å². The monoisotopic (exact) mass is 237 g/mol. The Kier molecular flexibility index (Phi) is 6.01. The molecule has 17 heavy (non-hydrogen) atoms. The second-order valence-corrected chi connectivity index (χ2v) is 4.37. The van der Waals surface area contributed by atoms with Crippen LogP contribution in [0.25, 0.3) is 0 Å². The van der Waals surface area contributed by atoms with Gasteiger partial charge in [-0.15, -0.1) is 0 Å².